The highest BCUT2D eigenvalue weighted by molar-refractivity contribution is 9.10. The van der Waals surface area contributed by atoms with E-state index < -0.39 is 17.2 Å². The van der Waals surface area contributed by atoms with Crippen LogP contribution in [0.3, 0.4) is 0 Å². The van der Waals surface area contributed by atoms with Gasteiger partial charge in [0, 0.05) is 13.1 Å². The second-order valence-electron chi connectivity index (χ2n) is 8.92. The molecule has 0 aromatic heterocycles. The third-order valence-electron chi connectivity index (χ3n) is 5.33. The monoisotopic (exact) mass is 516 g/mol. The molecule has 1 fully saturated rings. The van der Waals surface area contributed by atoms with Crippen LogP contribution >= 0.6 is 15.9 Å². The predicted molar refractivity (Wildman–Crippen MR) is 125 cm³/mol. The van der Waals surface area contributed by atoms with E-state index in [9.17, 15) is 14.0 Å². The lowest BCUT2D eigenvalue weighted by Gasteiger charge is -2.34. The lowest BCUT2D eigenvalue weighted by molar-refractivity contribution is 0.0204. The summed E-state index contributed by atoms with van der Waals surface area (Å²) < 4.78 is 26.2. The highest BCUT2D eigenvalue weighted by Crippen LogP contribution is 2.39. The van der Waals surface area contributed by atoms with Crippen LogP contribution in [0.25, 0.3) is 0 Å². The van der Waals surface area contributed by atoms with Crippen molar-refractivity contribution >= 4 is 27.8 Å². The van der Waals surface area contributed by atoms with Gasteiger partial charge >= 0.3 is 6.09 Å². The maximum atomic E-state index is 14.2. The van der Waals surface area contributed by atoms with E-state index in [1.54, 1.807) is 4.90 Å². The number of Topliss-reactive ketones (excluding diaryl/α,β-unsaturated/α-hetero) is 1. The van der Waals surface area contributed by atoms with Crippen molar-refractivity contribution in [3.8, 4) is 11.8 Å². The van der Waals surface area contributed by atoms with Gasteiger partial charge in [-0.3, -0.25) is 4.79 Å². The number of carbonyl (C=O) groups is 2. The van der Waals surface area contributed by atoms with E-state index in [0.29, 0.717) is 23.3 Å². The van der Waals surface area contributed by atoms with E-state index in [0.717, 1.165) is 24.5 Å². The van der Waals surface area contributed by atoms with E-state index in [1.807, 2.05) is 45.0 Å². The minimum absolute atomic E-state index is 0.117. The van der Waals surface area contributed by atoms with Gasteiger partial charge in [-0.15, -0.1) is 0 Å². The van der Waals surface area contributed by atoms with Crippen LogP contribution < -0.4 is 4.74 Å². The molecule has 0 saturated carbocycles. The summed E-state index contributed by atoms with van der Waals surface area (Å²) in [6.07, 6.45) is 1.14. The van der Waals surface area contributed by atoms with Gasteiger partial charge in [0.1, 0.15) is 17.2 Å². The molecule has 0 spiro atoms. The molecule has 0 bridgehead atoms. The van der Waals surface area contributed by atoms with Crippen LogP contribution in [0.2, 0.25) is 0 Å². The number of likely N-dealkylation sites (tertiary alicyclic amines) is 1. The molecule has 0 radical (unpaired) electrons. The molecule has 174 valence electrons. The van der Waals surface area contributed by atoms with Crippen molar-refractivity contribution in [3.63, 3.8) is 0 Å². The zero-order valence-electron chi connectivity index (χ0n) is 18.9. The molecule has 1 saturated heterocycles. The van der Waals surface area contributed by atoms with E-state index in [-0.39, 0.29) is 29.7 Å². The van der Waals surface area contributed by atoms with Crippen molar-refractivity contribution in [2.75, 3.05) is 19.7 Å². The second kappa shape index (κ2) is 10.3. The van der Waals surface area contributed by atoms with Crippen molar-refractivity contribution < 1.29 is 23.5 Å². The highest BCUT2D eigenvalue weighted by Gasteiger charge is 2.29. The Morgan fingerprint density at radius 3 is 2.52 bits per heavy atom. The molecule has 1 aliphatic rings. The van der Waals surface area contributed by atoms with E-state index in [2.05, 4.69) is 15.9 Å². The maximum absolute atomic E-state index is 14.2. The number of hydrogen-bond acceptors (Lipinski definition) is 5. The fourth-order valence-electron chi connectivity index (χ4n) is 3.73. The molecule has 3 rings (SSSR count). The zero-order chi connectivity index (χ0) is 24.2. The van der Waals surface area contributed by atoms with Gasteiger partial charge in [-0.2, -0.15) is 5.26 Å². The Morgan fingerprint density at radius 1 is 1.21 bits per heavy atom. The minimum atomic E-state index is -0.746. The Morgan fingerprint density at radius 2 is 1.91 bits per heavy atom. The number of ketones is 1. The number of para-hydroxylation sites is 1. The Bertz CT molecular complexity index is 1080. The zero-order valence-corrected chi connectivity index (χ0v) is 20.4. The Labute approximate surface area is 201 Å². The van der Waals surface area contributed by atoms with Gasteiger partial charge in [-0.1, -0.05) is 12.1 Å². The first-order chi connectivity index (χ1) is 15.6. The third-order valence-corrected chi connectivity index (χ3v) is 5.95. The fraction of sp³-hybridized carbons (Fsp3) is 0.400. The summed E-state index contributed by atoms with van der Waals surface area (Å²) in [5.41, 5.74) is 0.422. The molecule has 33 heavy (non-hydrogen) atoms. The summed E-state index contributed by atoms with van der Waals surface area (Å²) in [6.45, 7) is 6.30. The number of halogens is 2. The molecule has 6 nitrogen and oxygen atoms in total. The first-order valence-electron chi connectivity index (χ1n) is 10.7. The molecule has 0 unspecified atom stereocenters. The number of rotatable bonds is 5. The summed E-state index contributed by atoms with van der Waals surface area (Å²) in [4.78, 5) is 26.6. The maximum Gasteiger partial charge on any atom is 0.410 e. The number of hydrogen-bond donors (Lipinski definition) is 0. The smallest absolute Gasteiger partial charge is 0.410 e. The standard InChI is InChI=1S/C25H26BrFN2O4/c1-25(2,3)33-24(31)29-11-9-17(10-12-29)18-5-4-6-20(26)23(18)32-15-22(30)19-8-7-16(14-28)13-21(19)27/h4-8,13,17H,9-12,15H2,1-3H3. The molecule has 1 aliphatic heterocycles. The van der Waals surface area contributed by atoms with Crippen LogP contribution in [0.15, 0.2) is 40.9 Å². The molecule has 8 heteroatoms. The van der Waals surface area contributed by atoms with Gasteiger partial charge in [-0.25, -0.2) is 9.18 Å². The average Bonchev–Trinajstić information content (AvgIpc) is 2.76. The van der Waals surface area contributed by atoms with Crippen LogP contribution in [-0.2, 0) is 4.74 Å². The summed E-state index contributed by atoms with van der Waals surface area (Å²) in [6, 6.07) is 11.2. The lowest BCUT2D eigenvalue weighted by Crippen LogP contribution is -2.41. The average molecular weight is 517 g/mol. The van der Waals surface area contributed by atoms with E-state index in [1.165, 1.54) is 12.1 Å². The van der Waals surface area contributed by atoms with Crippen molar-refractivity contribution in [2.24, 2.45) is 0 Å². The van der Waals surface area contributed by atoms with Gasteiger partial charge in [0.15, 0.2) is 6.61 Å². The number of benzene rings is 2. The lowest BCUT2D eigenvalue weighted by atomic mass is 9.89. The van der Waals surface area contributed by atoms with Crippen LogP contribution in [0.4, 0.5) is 9.18 Å². The van der Waals surface area contributed by atoms with Crippen molar-refractivity contribution in [1.82, 2.24) is 4.90 Å². The summed E-state index contributed by atoms with van der Waals surface area (Å²) in [5.74, 6) is -0.587. The quantitative estimate of drug-likeness (QED) is 0.466. The first kappa shape index (κ1) is 24.7. The van der Waals surface area contributed by atoms with Gasteiger partial charge in [-0.05, 0) is 85.3 Å². The summed E-state index contributed by atoms with van der Waals surface area (Å²) in [5, 5.41) is 8.86. The van der Waals surface area contributed by atoms with Gasteiger partial charge in [0.2, 0.25) is 5.78 Å². The Balaban J connectivity index is 1.68. The molecule has 1 amide bonds. The molecule has 0 aliphatic carbocycles. The topological polar surface area (TPSA) is 79.6 Å². The molecular weight excluding hydrogens is 491 g/mol. The first-order valence-corrected chi connectivity index (χ1v) is 11.5. The number of piperidine rings is 1. The van der Waals surface area contributed by atoms with Gasteiger partial charge in [0.05, 0.1) is 21.7 Å². The molecule has 2 aromatic carbocycles. The summed E-state index contributed by atoms with van der Waals surface area (Å²) >= 11 is 3.49. The Kier molecular flexibility index (Phi) is 7.75. The van der Waals surface area contributed by atoms with E-state index >= 15 is 0 Å². The molecular formula is C25H26BrFN2O4. The number of ether oxygens (including phenoxy) is 2. The van der Waals surface area contributed by atoms with Crippen LogP contribution in [0.5, 0.6) is 5.75 Å². The summed E-state index contributed by atoms with van der Waals surface area (Å²) in [7, 11) is 0. The van der Waals surface area contributed by atoms with Crippen molar-refractivity contribution in [2.45, 2.75) is 45.1 Å². The largest absolute Gasteiger partial charge is 0.484 e. The molecule has 0 N–H and O–H groups in total. The van der Waals surface area contributed by atoms with E-state index in [4.69, 9.17) is 14.7 Å². The fourth-order valence-corrected chi connectivity index (χ4v) is 4.22. The predicted octanol–water partition coefficient (Wildman–Crippen LogP) is 5.84. The normalized spacial score (nSPS) is 14.5. The van der Waals surface area contributed by atoms with Crippen molar-refractivity contribution in [3.05, 3.63) is 63.4 Å². The number of nitrogens with zero attached hydrogens (tertiary/aromatic N) is 2. The third kappa shape index (κ3) is 6.32. The van der Waals surface area contributed by atoms with Crippen LogP contribution in [0, 0.1) is 17.1 Å². The highest BCUT2D eigenvalue weighted by atomic mass is 79.9. The number of nitriles is 1. The molecule has 1 heterocycles. The van der Waals surface area contributed by atoms with Gasteiger partial charge in [0.25, 0.3) is 0 Å². The van der Waals surface area contributed by atoms with Crippen LogP contribution in [0.1, 0.15) is 61.0 Å². The molecule has 0 atom stereocenters. The minimum Gasteiger partial charge on any atom is -0.484 e. The molecule has 2 aromatic rings. The Hall–Kier alpha value is -2.92. The SMILES string of the molecule is CC(C)(C)OC(=O)N1CCC(c2cccc(Br)c2OCC(=O)c2ccc(C#N)cc2F)CC1. The van der Waals surface area contributed by atoms with Gasteiger partial charge < -0.3 is 14.4 Å². The second-order valence-corrected chi connectivity index (χ2v) is 9.77. The van der Waals surface area contributed by atoms with Crippen LogP contribution in [-0.4, -0.2) is 42.1 Å². The number of carbonyl (C=O) groups excluding carboxylic acids is 2. The van der Waals surface area contributed by atoms with Crippen molar-refractivity contribution in [1.29, 1.82) is 5.26 Å². The number of amides is 1.